The van der Waals surface area contributed by atoms with Gasteiger partial charge in [0, 0.05) is 24.2 Å². The molecule has 0 unspecified atom stereocenters. The van der Waals surface area contributed by atoms with Gasteiger partial charge in [0.1, 0.15) is 0 Å². The molecular weight excluding hydrogens is 238 g/mol. The number of Topliss-reactive ketones (excluding diaryl/α,β-unsaturated/α-hetero) is 1. The lowest BCUT2D eigenvalue weighted by molar-refractivity contribution is 0.0991. The van der Waals surface area contributed by atoms with Crippen LogP contribution >= 0.6 is 0 Å². The van der Waals surface area contributed by atoms with Gasteiger partial charge in [-0.1, -0.05) is 12.8 Å². The third kappa shape index (κ3) is 2.72. The summed E-state index contributed by atoms with van der Waals surface area (Å²) in [7, 11) is 0. The highest BCUT2D eigenvalue weighted by atomic mass is 16.1. The number of hydrogen-bond donors (Lipinski definition) is 0. The number of carbonyl (C=O) groups is 1. The molecule has 4 heteroatoms. The molecular formula is C15H17N3O. The van der Waals surface area contributed by atoms with Crippen molar-refractivity contribution in [1.82, 2.24) is 14.8 Å². The second-order valence-corrected chi connectivity index (χ2v) is 5.07. The molecule has 0 amide bonds. The van der Waals surface area contributed by atoms with E-state index >= 15 is 0 Å². The molecule has 0 N–H and O–H groups in total. The van der Waals surface area contributed by atoms with Crippen LogP contribution in [0.25, 0.3) is 0 Å². The molecule has 1 aliphatic rings. The quantitative estimate of drug-likeness (QED) is 0.789. The van der Waals surface area contributed by atoms with Crippen molar-refractivity contribution in [2.75, 3.05) is 0 Å². The van der Waals surface area contributed by atoms with Gasteiger partial charge >= 0.3 is 0 Å². The normalized spacial score (nSPS) is 15.8. The van der Waals surface area contributed by atoms with Crippen LogP contribution in [0.2, 0.25) is 0 Å². The lowest BCUT2D eigenvalue weighted by Crippen LogP contribution is -2.08. The second kappa shape index (κ2) is 5.34. The molecule has 0 spiro atoms. The van der Waals surface area contributed by atoms with Crippen LogP contribution in [-0.4, -0.2) is 20.5 Å². The summed E-state index contributed by atoms with van der Waals surface area (Å²) in [6, 6.07) is 6.06. The molecule has 1 fully saturated rings. The summed E-state index contributed by atoms with van der Waals surface area (Å²) in [5.74, 6) is 0.0739. The summed E-state index contributed by atoms with van der Waals surface area (Å²) in [5, 5.41) is 4.53. The first-order chi connectivity index (χ1) is 9.33. The SMILES string of the molecule is O=C(Cc1ccn(C2CCCC2)n1)c1cccnc1. The fraction of sp³-hybridized carbons (Fsp3) is 0.400. The molecule has 0 atom stereocenters. The van der Waals surface area contributed by atoms with Gasteiger partial charge in [-0.3, -0.25) is 14.5 Å². The summed E-state index contributed by atoms with van der Waals surface area (Å²) >= 11 is 0. The van der Waals surface area contributed by atoms with Gasteiger partial charge in [0.15, 0.2) is 5.78 Å². The lowest BCUT2D eigenvalue weighted by atomic mass is 10.1. The second-order valence-electron chi connectivity index (χ2n) is 5.07. The fourth-order valence-electron chi connectivity index (χ4n) is 2.64. The van der Waals surface area contributed by atoms with Crippen molar-refractivity contribution >= 4 is 5.78 Å². The zero-order valence-electron chi connectivity index (χ0n) is 10.8. The van der Waals surface area contributed by atoms with Crippen molar-refractivity contribution in [3.8, 4) is 0 Å². The molecule has 1 aliphatic carbocycles. The number of aromatic nitrogens is 3. The van der Waals surface area contributed by atoms with Gasteiger partial charge in [0.25, 0.3) is 0 Å². The van der Waals surface area contributed by atoms with Crippen LogP contribution in [0.4, 0.5) is 0 Å². The van der Waals surface area contributed by atoms with E-state index < -0.39 is 0 Å². The molecule has 3 rings (SSSR count). The standard InChI is InChI=1S/C15H17N3O/c19-15(12-4-3-8-16-11-12)10-13-7-9-18(17-13)14-5-1-2-6-14/h3-4,7-9,11,14H,1-2,5-6,10H2. The summed E-state index contributed by atoms with van der Waals surface area (Å²) in [5.41, 5.74) is 1.50. The predicted molar refractivity (Wildman–Crippen MR) is 72.0 cm³/mol. The third-order valence-electron chi connectivity index (χ3n) is 3.69. The number of pyridine rings is 1. The smallest absolute Gasteiger partial charge is 0.170 e. The minimum absolute atomic E-state index is 0.0739. The van der Waals surface area contributed by atoms with Crippen molar-refractivity contribution in [3.63, 3.8) is 0 Å². The molecule has 19 heavy (non-hydrogen) atoms. The summed E-state index contributed by atoms with van der Waals surface area (Å²) in [6.07, 6.45) is 10.6. The zero-order chi connectivity index (χ0) is 13.1. The average Bonchev–Trinajstić information content (AvgIpc) is 3.10. The minimum atomic E-state index is 0.0739. The Labute approximate surface area is 112 Å². The molecule has 2 heterocycles. The van der Waals surface area contributed by atoms with Crippen molar-refractivity contribution in [3.05, 3.63) is 48.0 Å². The van der Waals surface area contributed by atoms with E-state index in [-0.39, 0.29) is 5.78 Å². The maximum absolute atomic E-state index is 12.1. The van der Waals surface area contributed by atoms with Gasteiger partial charge in [0.2, 0.25) is 0 Å². The highest BCUT2D eigenvalue weighted by molar-refractivity contribution is 5.96. The van der Waals surface area contributed by atoms with Gasteiger partial charge in [-0.2, -0.15) is 5.10 Å². The number of carbonyl (C=O) groups excluding carboxylic acids is 1. The molecule has 0 aliphatic heterocycles. The largest absolute Gasteiger partial charge is 0.294 e. The van der Waals surface area contributed by atoms with E-state index in [1.807, 2.05) is 16.9 Å². The predicted octanol–water partition coefficient (Wildman–Crippen LogP) is 2.82. The number of rotatable bonds is 4. The van der Waals surface area contributed by atoms with Crippen LogP contribution < -0.4 is 0 Å². The Morgan fingerprint density at radius 3 is 2.89 bits per heavy atom. The zero-order valence-corrected chi connectivity index (χ0v) is 10.8. The van der Waals surface area contributed by atoms with Gasteiger partial charge in [-0.15, -0.1) is 0 Å². The Morgan fingerprint density at radius 2 is 2.16 bits per heavy atom. The van der Waals surface area contributed by atoms with Gasteiger partial charge in [0.05, 0.1) is 18.2 Å². The van der Waals surface area contributed by atoms with Gasteiger partial charge in [-0.25, -0.2) is 0 Å². The van der Waals surface area contributed by atoms with E-state index in [0.717, 1.165) is 5.69 Å². The molecule has 0 radical (unpaired) electrons. The minimum Gasteiger partial charge on any atom is -0.294 e. The van der Waals surface area contributed by atoms with E-state index in [1.165, 1.54) is 25.7 Å². The third-order valence-corrected chi connectivity index (χ3v) is 3.69. The Morgan fingerprint density at radius 1 is 1.32 bits per heavy atom. The highest BCUT2D eigenvalue weighted by Gasteiger charge is 2.18. The van der Waals surface area contributed by atoms with Crippen LogP contribution in [0.15, 0.2) is 36.8 Å². The van der Waals surface area contributed by atoms with Crippen LogP contribution in [0, 0.1) is 0 Å². The van der Waals surface area contributed by atoms with E-state index in [4.69, 9.17) is 0 Å². The Balaban J connectivity index is 1.68. The maximum Gasteiger partial charge on any atom is 0.170 e. The van der Waals surface area contributed by atoms with E-state index in [0.29, 0.717) is 18.0 Å². The van der Waals surface area contributed by atoms with Crippen molar-refractivity contribution in [2.45, 2.75) is 38.1 Å². The molecule has 0 bridgehead atoms. The first-order valence-electron chi connectivity index (χ1n) is 6.80. The summed E-state index contributed by atoms with van der Waals surface area (Å²) in [6.45, 7) is 0. The summed E-state index contributed by atoms with van der Waals surface area (Å²) in [4.78, 5) is 16.0. The van der Waals surface area contributed by atoms with E-state index in [2.05, 4.69) is 10.1 Å². The number of hydrogen-bond acceptors (Lipinski definition) is 3. The molecule has 0 aromatic carbocycles. The van der Waals surface area contributed by atoms with Crippen molar-refractivity contribution in [2.24, 2.45) is 0 Å². The molecule has 2 aromatic heterocycles. The van der Waals surface area contributed by atoms with E-state index in [9.17, 15) is 4.79 Å². The molecule has 1 saturated carbocycles. The van der Waals surface area contributed by atoms with Crippen molar-refractivity contribution in [1.29, 1.82) is 0 Å². The first-order valence-corrected chi connectivity index (χ1v) is 6.80. The number of ketones is 1. The highest BCUT2D eigenvalue weighted by Crippen LogP contribution is 2.28. The maximum atomic E-state index is 12.1. The first kappa shape index (κ1) is 12.1. The van der Waals surface area contributed by atoms with E-state index in [1.54, 1.807) is 24.5 Å². The van der Waals surface area contributed by atoms with Crippen LogP contribution in [0.1, 0.15) is 47.8 Å². The monoisotopic (exact) mass is 255 g/mol. The van der Waals surface area contributed by atoms with Crippen LogP contribution in [0.3, 0.4) is 0 Å². The Hall–Kier alpha value is -1.97. The molecule has 0 saturated heterocycles. The Kier molecular flexibility index (Phi) is 3.40. The number of nitrogens with zero attached hydrogens (tertiary/aromatic N) is 3. The van der Waals surface area contributed by atoms with Crippen molar-refractivity contribution < 1.29 is 4.79 Å². The summed E-state index contributed by atoms with van der Waals surface area (Å²) < 4.78 is 2.03. The van der Waals surface area contributed by atoms with Gasteiger partial charge < -0.3 is 0 Å². The average molecular weight is 255 g/mol. The molecule has 4 nitrogen and oxygen atoms in total. The molecule has 98 valence electrons. The van der Waals surface area contributed by atoms with Crippen LogP contribution in [-0.2, 0) is 6.42 Å². The van der Waals surface area contributed by atoms with Crippen LogP contribution in [0.5, 0.6) is 0 Å². The van der Waals surface area contributed by atoms with Gasteiger partial charge in [-0.05, 0) is 31.0 Å². The fourth-order valence-corrected chi connectivity index (χ4v) is 2.64. The molecule has 2 aromatic rings. The lowest BCUT2D eigenvalue weighted by Gasteiger charge is -2.08. The Bertz CT molecular complexity index is 556. The topological polar surface area (TPSA) is 47.8 Å².